The van der Waals surface area contributed by atoms with E-state index in [4.69, 9.17) is 26.1 Å². The first-order valence-corrected chi connectivity index (χ1v) is 12.3. The second-order valence-electron chi connectivity index (χ2n) is 8.99. The first-order valence-electron chi connectivity index (χ1n) is 12.0. The van der Waals surface area contributed by atoms with Gasteiger partial charge in [0.05, 0.1) is 5.69 Å². The second-order valence-corrected chi connectivity index (χ2v) is 9.42. The topological polar surface area (TPSA) is 66.9 Å². The molecule has 0 aliphatic carbocycles. The van der Waals surface area contributed by atoms with Crippen molar-refractivity contribution in [3.8, 4) is 39.6 Å². The molecule has 178 valence electrons. The van der Waals surface area contributed by atoms with Crippen LogP contribution in [-0.2, 0) is 0 Å². The third-order valence-corrected chi connectivity index (χ3v) is 6.87. The monoisotopic (exact) mass is 479 g/mol. The molecule has 2 N–H and O–H groups in total. The van der Waals surface area contributed by atoms with E-state index in [0.717, 1.165) is 48.0 Å². The van der Waals surface area contributed by atoms with E-state index < -0.39 is 0 Å². The van der Waals surface area contributed by atoms with Crippen LogP contribution in [0.5, 0.6) is 17.2 Å². The molecule has 2 aliphatic rings. The van der Waals surface area contributed by atoms with Crippen molar-refractivity contribution < 1.29 is 14.6 Å². The number of aromatic hydroxyl groups is 1. The van der Waals surface area contributed by atoms with Gasteiger partial charge in [0.15, 0.2) is 11.5 Å². The molecular weight excluding hydrogens is 450 g/mol. The summed E-state index contributed by atoms with van der Waals surface area (Å²) in [6, 6.07) is 15.5. The lowest BCUT2D eigenvalue weighted by molar-refractivity contribution is 0.160. The predicted molar refractivity (Wildman–Crippen MR) is 136 cm³/mol. The number of phenolic OH excluding ortho intramolecular Hbond substituents is 1. The summed E-state index contributed by atoms with van der Waals surface area (Å²) in [5, 5.41) is 14.6. The SMILES string of the molecule is CC1CCCCN1CCCNc1cc(-c2cccc3c2OCO3)cc(-c2cc(Cl)ccc2O)n1. The molecule has 0 spiro atoms. The molecule has 1 atom stereocenters. The molecule has 0 saturated carbocycles. The van der Waals surface area contributed by atoms with Gasteiger partial charge in [-0.05, 0) is 74.7 Å². The zero-order valence-corrected chi connectivity index (χ0v) is 20.1. The predicted octanol–water partition coefficient (Wildman–Crippen LogP) is 6.18. The van der Waals surface area contributed by atoms with Crippen molar-refractivity contribution in [1.82, 2.24) is 9.88 Å². The number of rotatable bonds is 7. The van der Waals surface area contributed by atoms with Crippen LogP contribution in [0.4, 0.5) is 5.82 Å². The number of pyridine rings is 1. The Morgan fingerprint density at radius 2 is 2.03 bits per heavy atom. The van der Waals surface area contributed by atoms with Crippen LogP contribution in [0.15, 0.2) is 48.5 Å². The van der Waals surface area contributed by atoms with E-state index in [0.29, 0.717) is 22.3 Å². The van der Waals surface area contributed by atoms with Crippen molar-refractivity contribution in [2.75, 3.05) is 31.7 Å². The molecule has 3 heterocycles. The van der Waals surface area contributed by atoms with E-state index in [-0.39, 0.29) is 12.5 Å². The van der Waals surface area contributed by atoms with E-state index in [1.807, 2.05) is 30.3 Å². The Kier molecular flexibility index (Phi) is 6.79. The minimum absolute atomic E-state index is 0.136. The Morgan fingerprint density at radius 3 is 2.91 bits per heavy atom. The lowest BCUT2D eigenvalue weighted by atomic mass is 10.0. The molecule has 3 aromatic rings. The first-order chi connectivity index (χ1) is 16.6. The Labute approximate surface area is 205 Å². The number of hydrogen-bond donors (Lipinski definition) is 2. The van der Waals surface area contributed by atoms with Crippen molar-refractivity contribution in [2.24, 2.45) is 0 Å². The molecule has 6 nitrogen and oxygen atoms in total. The van der Waals surface area contributed by atoms with Gasteiger partial charge in [-0.25, -0.2) is 4.98 Å². The highest BCUT2D eigenvalue weighted by Crippen LogP contribution is 2.43. The van der Waals surface area contributed by atoms with Gasteiger partial charge in [0, 0.05) is 35.3 Å². The van der Waals surface area contributed by atoms with Crippen LogP contribution in [0, 0.1) is 0 Å². The summed E-state index contributed by atoms with van der Waals surface area (Å²) >= 11 is 6.23. The average Bonchev–Trinajstić information content (AvgIpc) is 3.33. The number of nitrogens with one attached hydrogen (secondary N) is 1. The maximum absolute atomic E-state index is 10.5. The minimum Gasteiger partial charge on any atom is -0.507 e. The zero-order valence-electron chi connectivity index (χ0n) is 19.4. The summed E-state index contributed by atoms with van der Waals surface area (Å²) < 4.78 is 11.3. The maximum Gasteiger partial charge on any atom is 0.231 e. The van der Waals surface area contributed by atoms with Crippen LogP contribution in [-0.4, -0.2) is 47.5 Å². The molecule has 0 amide bonds. The van der Waals surface area contributed by atoms with Gasteiger partial charge in [-0.15, -0.1) is 0 Å². The fourth-order valence-corrected chi connectivity index (χ4v) is 4.95. The smallest absolute Gasteiger partial charge is 0.231 e. The minimum atomic E-state index is 0.136. The van der Waals surface area contributed by atoms with Gasteiger partial charge in [-0.1, -0.05) is 30.2 Å². The van der Waals surface area contributed by atoms with Crippen LogP contribution in [0.3, 0.4) is 0 Å². The van der Waals surface area contributed by atoms with E-state index in [2.05, 4.69) is 17.1 Å². The molecule has 0 bridgehead atoms. The summed E-state index contributed by atoms with van der Waals surface area (Å²) in [7, 11) is 0. The Morgan fingerprint density at radius 1 is 1.12 bits per heavy atom. The number of piperidine rings is 1. The number of hydrogen-bond acceptors (Lipinski definition) is 6. The van der Waals surface area contributed by atoms with Crippen molar-refractivity contribution in [3.05, 3.63) is 53.6 Å². The quantitative estimate of drug-likeness (QED) is 0.394. The van der Waals surface area contributed by atoms with E-state index in [1.54, 1.807) is 18.2 Å². The number of fused-ring (bicyclic) bond motifs is 1. The average molecular weight is 480 g/mol. The zero-order chi connectivity index (χ0) is 23.5. The highest BCUT2D eigenvalue weighted by atomic mass is 35.5. The fraction of sp³-hybridized carbons (Fsp3) is 0.370. The number of para-hydroxylation sites is 1. The molecule has 5 rings (SSSR count). The van der Waals surface area contributed by atoms with Crippen LogP contribution < -0.4 is 14.8 Å². The third kappa shape index (κ3) is 4.93. The Bertz CT molecular complexity index is 1170. The van der Waals surface area contributed by atoms with Crippen LogP contribution >= 0.6 is 11.6 Å². The second kappa shape index (κ2) is 10.1. The molecule has 0 radical (unpaired) electrons. The van der Waals surface area contributed by atoms with Crippen LogP contribution in [0.2, 0.25) is 5.02 Å². The van der Waals surface area contributed by atoms with E-state index >= 15 is 0 Å². The lowest BCUT2D eigenvalue weighted by Crippen LogP contribution is -2.38. The third-order valence-electron chi connectivity index (χ3n) is 6.64. The Balaban J connectivity index is 1.42. The fourth-order valence-electron chi connectivity index (χ4n) is 4.77. The summed E-state index contributed by atoms with van der Waals surface area (Å²) in [5.41, 5.74) is 3.08. The number of ether oxygens (including phenoxy) is 2. The molecule has 7 heteroatoms. The molecule has 2 aromatic carbocycles. The molecule has 1 saturated heterocycles. The van der Waals surface area contributed by atoms with Crippen LogP contribution in [0.1, 0.15) is 32.6 Å². The van der Waals surface area contributed by atoms with Gasteiger partial charge >= 0.3 is 0 Å². The summed E-state index contributed by atoms with van der Waals surface area (Å²) in [4.78, 5) is 7.39. The van der Waals surface area contributed by atoms with Crippen molar-refractivity contribution >= 4 is 17.4 Å². The lowest BCUT2D eigenvalue weighted by Gasteiger charge is -2.33. The van der Waals surface area contributed by atoms with Crippen molar-refractivity contribution in [3.63, 3.8) is 0 Å². The molecule has 1 unspecified atom stereocenters. The standard InChI is InChI=1S/C27H30ClN3O3/c1-18-6-2-3-12-31(18)13-5-11-29-26-15-19(21-7-4-8-25-27(21)34-17-33-25)14-23(30-26)22-16-20(28)9-10-24(22)32/h4,7-10,14-16,18,32H,2-3,5-6,11-13,17H2,1H3,(H,29,30). The van der Waals surface area contributed by atoms with Gasteiger partial charge in [0.25, 0.3) is 0 Å². The van der Waals surface area contributed by atoms with Gasteiger partial charge < -0.3 is 24.8 Å². The summed E-state index contributed by atoms with van der Waals surface area (Å²) in [5.74, 6) is 2.33. The van der Waals surface area contributed by atoms with Gasteiger partial charge in [-0.3, -0.25) is 0 Å². The number of benzene rings is 2. The number of anilines is 1. The number of nitrogens with zero attached hydrogens (tertiary/aromatic N) is 2. The molecule has 34 heavy (non-hydrogen) atoms. The number of likely N-dealkylation sites (tertiary alicyclic amines) is 1. The molecule has 1 aromatic heterocycles. The van der Waals surface area contributed by atoms with Gasteiger partial charge in [-0.2, -0.15) is 0 Å². The van der Waals surface area contributed by atoms with E-state index in [9.17, 15) is 5.11 Å². The Hall–Kier alpha value is -2.96. The summed E-state index contributed by atoms with van der Waals surface area (Å²) in [6.07, 6.45) is 4.95. The highest BCUT2D eigenvalue weighted by Gasteiger charge is 2.21. The summed E-state index contributed by atoms with van der Waals surface area (Å²) in [6.45, 7) is 5.61. The largest absolute Gasteiger partial charge is 0.507 e. The van der Waals surface area contributed by atoms with Crippen molar-refractivity contribution in [2.45, 2.75) is 38.6 Å². The number of phenols is 1. The molecule has 1 fully saturated rings. The van der Waals surface area contributed by atoms with Crippen molar-refractivity contribution in [1.29, 1.82) is 0 Å². The van der Waals surface area contributed by atoms with Gasteiger partial charge in [0.1, 0.15) is 11.6 Å². The highest BCUT2D eigenvalue weighted by molar-refractivity contribution is 6.31. The normalized spacial score (nSPS) is 17.6. The van der Waals surface area contributed by atoms with Gasteiger partial charge in [0.2, 0.25) is 6.79 Å². The molecular formula is C27H30ClN3O3. The first kappa shape index (κ1) is 22.8. The number of aromatic nitrogens is 1. The van der Waals surface area contributed by atoms with Crippen LogP contribution in [0.25, 0.3) is 22.4 Å². The molecule has 2 aliphatic heterocycles. The maximum atomic E-state index is 10.5. The number of halogens is 1. The van der Waals surface area contributed by atoms with E-state index in [1.165, 1.54) is 25.8 Å².